The molecule has 0 heterocycles. The molecule has 0 unspecified atom stereocenters. The SMILES string of the molecule is CN(CC1(O)CCCC1)c1ccc(F)cc1N. The highest BCUT2D eigenvalue weighted by atomic mass is 19.1. The van der Waals surface area contributed by atoms with E-state index in [1.165, 1.54) is 12.1 Å². The van der Waals surface area contributed by atoms with Crippen LogP contribution in [0.2, 0.25) is 0 Å². The number of hydrogen-bond donors (Lipinski definition) is 2. The molecule has 1 aliphatic carbocycles. The van der Waals surface area contributed by atoms with Crippen LogP contribution in [-0.4, -0.2) is 24.3 Å². The highest BCUT2D eigenvalue weighted by Gasteiger charge is 2.32. The number of anilines is 2. The average molecular weight is 238 g/mol. The fraction of sp³-hybridized carbons (Fsp3) is 0.538. The number of rotatable bonds is 3. The minimum absolute atomic E-state index is 0.334. The monoisotopic (exact) mass is 238 g/mol. The maximum Gasteiger partial charge on any atom is 0.125 e. The molecule has 1 fully saturated rings. The van der Waals surface area contributed by atoms with Crippen LogP contribution in [0, 0.1) is 5.82 Å². The van der Waals surface area contributed by atoms with Gasteiger partial charge in [0.05, 0.1) is 17.0 Å². The van der Waals surface area contributed by atoms with Crippen molar-refractivity contribution in [1.29, 1.82) is 0 Å². The van der Waals surface area contributed by atoms with E-state index in [2.05, 4.69) is 0 Å². The predicted octanol–water partition coefficient (Wildman–Crippen LogP) is 2.15. The van der Waals surface area contributed by atoms with Gasteiger partial charge in [-0.15, -0.1) is 0 Å². The summed E-state index contributed by atoms with van der Waals surface area (Å²) in [5.74, 6) is -0.334. The minimum Gasteiger partial charge on any atom is -0.397 e. The largest absolute Gasteiger partial charge is 0.397 e. The summed E-state index contributed by atoms with van der Waals surface area (Å²) in [5.41, 5.74) is 6.34. The fourth-order valence-electron chi connectivity index (χ4n) is 2.59. The first-order chi connectivity index (χ1) is 8.00. The van der Waals surface area contributed by atoms with Crippen molar-refractivity contribution in [3.8, 4) is 0 Å². The highest BCUT2D eigenvalue weighted by Crippen LogP contribution is 2.32. The lowest BCUT2D eigenvalue weighted by atomic mass is 10.0. The molecule has 0 spiro atoms. The molecule has 17 heavy (non-hydrogen) atoms. The molecule has 3 N–H and O–H groups in total. The van der Waals surface area contributed by atoms with Gasteiger partial charge in [-0.05, 0) is 31.0 Å². The van der Waals surface area contributed by atoms with Gasteiger partial charge in [-0.1, -0.05) is 12.8 Å². The summed E-state index contributed by atoms with van der Waals surface area (Å²) in [6, 6.07) is 4.36. The summed E-state index contributed by atoms with van der Waals surface area (Å²) in [5, 5.41) is 10.3. The Balaban J connectivity index is 2.11. The van der Waals surface area contributed by atoms with E-state index in [0.29, 0.717) is 12.2 Å². The second-order valence-corrected chi connectivity index (χ2v) is 4.99. The molecule has 0 aliphatic heterocycles. The smallest absolute Gasteiger partial charge is 0.125 e. The quantitative estimate of drug-likeness (QED) is 0.793. The number of likely N-dealkylation sites (N-methyl/N-ethyl adjacent to an activating group) is 1. The van der Waals surface area contributed by atoms with Crippen molar-refractivity contribution in [2.75, 3.05) is 24.2 Å². The van der Waals surface area contributed by atoms with Crippen LogP contribution in [0.1, 0.15) is 25.7 Å². The molecule has 0 bridgehead atoms. The number of benzene rings is 1. The molecular formula is C13H19FN2O. The van der Waals surface area contributed by atoms with Gasteiger partial charge in [-0.2, -0.15) is 0 Å². The summed E-state index contributed by atoms with van der Waals surface area (Å²) >= 11 is 0. The molecule has 1 aromatic carbocycles. The summed E-state index contributed by atoms with van der Waals surface area (Å²) in [7, 11) is 1.87. The second kappa shape index (κ2) is 4.53. The molecule has 3 nitrogen and oxygen atoms in total. The molecule has 0 atom stereocenters. The highest BCUT2D eigenvalue weighted by molar-refractivity contribution is 5.67. The molecule has 2 rings (SSSR count). The van der Waals surface area contributed by atoms with Crippen LogP contribution in [0.25, 0.3) is 0 Å². The first-order valence-corrected chi connectivity index (χ1v) is 5.99. The van der Waals surface area contributed by atoms with Crippen molar-refractivity contribution in [2.24, 2.45) is 0 Å². The predicted molar refractivity (Wildman–Crippen MR) is 67.5 cm³/mol. The Morgan fingerprint density at radius 2 is 2.06 bits per heavy atom. The number of aliphatic hydroxyl groups is 1. The molecule has 1 aliphatic rings. The first-order valence-electron chi connectivity index (χ1n) is 5.99. The van der Waals surface area contributed by atoms with Gasteiger partial charge < -0.3 is 15.7 Å². The van der Waals surface area contributed by atoms with Crippen LogP contribution in [0.15, 0.2) is 18.2 Å². The summed E-state index contributed by atoms with van der Waals surface area (Å²) in [6.45, 7) is 0.544. The number of halogens is 1. The second-order valence-electron chi connectivity index (χ2n) is 4.99. The number of nitrogen functional groups attached to an aromatic ring is 1. The molecule has 1 aromatic rings. The van der Waals surface area contributed by atoms with E-state index in [1.807, 2.05) is 11.9 Å². The standard InChI is InChI=1S/C13H19FN2O/c1-16(9-13(17)6-2-3-7-13)12-5-4-10(14)8-11(12)15/h4-5,8,17H,2-3,6-7,9,15H2,1H3. The van der Waals surface area contributed by atoms with Crippen molar-refractivity contribution in [3.63, 3.8) is 0 Å². The van der Waals surface area contributed by atoms with Gasteiger partial charge in [0.15, 0.2) is 0 Å². The summed E-state index contributed by atoms with van der Waals surface area (Å²) in [4.78, 5) is 1.90. The molecule has 0 amide bonds. The molecular weight excluding hydrogens is 219 g/mol. The van der Waals surface area contributed by atoms with E-state index in [0.717, 1.165) is 31.4 Å². The average Bonchev–Trinajstić information content (AvgIpc) is 2.64. The van der Waals surface area contributed by atoms with Crippen LogP contribution in [0.4, 0.5) is 15.8 Å². The van der Waals surface area contributed by atoms with E-state index in [4.69, 9.17) is 5.73 Å². The fourth-order valence-corrected chi connectivity index (χ4v) is 2.59. The molecule has 0 aromatic heterocycles. The Morgan fingerprint density at radius 1 is 1.41 bits per heavy atom. The third-order valence-corrected chi connectivity index (χ3v) is 3.47. The van der Waals surface area contributed by atoms with Crippen molar-refractivity contribution in [3.05, 3.63) is 24.0 Å². The zero-order valence-corrected chi connectivity index (χ0v) is 10.1. The van der Waals surface area contributed by atoms with E-state index >= 15 is 0 Å². The van der Waals surface area contributed by atoms with Gasteiger partial charge in [-0.3, -0.25) is 0 Å². The Hall–Kier alpha value is -1.29. The maximum absolute atomic E-state index is 12.9. The molecule has 94 valence electrons. The Labute approximate surface area is 101 Å². The first kappa shape index (κ1) is 12.2. The van der Waals surface area contributed by atoms with Crippen LogP contribution < -0.4 is 10.6 Å². The number of hydrogen-bond acceptors (Lipinski definition) is 3. The van der Waals surface area contributed by atoms with Crippen molar-refractivity contribution >= 4 is 11.4 Å². The Morgan fingerprint density at radius 3 is 2.65 bits per heavy atom. The van der Waals surface area contributed by atoms with Gasteiger partial charge in [-0.25, -0.2) is 4.39 Å². The lowest BCUT2D eigenvalue weighted by Gasteiger charge is -2.30. The van der Waals surface area contributed by atoms with E-state index in [9.17, 15) is 9.50 Å². The summed E-state index contributed by atoms with van der Waals surface area (Å²) in [6.07, 6.45) is 3.81. The van der Waals surface area contributed by atoms with Crippen LogP contribution in [0.3, 0.4) is 0 Å². The zero-order chi connectivity index (χ0) is 12.5. The molecule has 0 saturated heterocycles. The summed E-state index contributed by atoms with van der Waals surface area (Å²) < 4.78 is 12.9. The Kier molecular flexibility index (Phi) is 3.24. The van der Waals surface area contributed by atoms with Crippen molar-refractivity contribution in [1.82, 2.24) is 0 Å². The maximum atomic E-state index is 12.9. The number of nitrogens with zero attached hydrogens (tertiary/aromatic N) is 1. The third kappa shape index (κ3) is 2.69. The van der Waals surface area contributed by atoms with Crippen LogP contribution in [0.5, 0.6) is 0 Å². The topological polar surface area (TPSA) is 49.5 Å². The molecule has 4 heteroatoms. The molecule has 0 radical (unpaired) electrons. The third-order valence-electron chi connectivity index (χ3n) is 3.47. The lowest BCUT2D eigenvalue weighted by Crippen LogP contribution is -2.39. The normalized spacial score (nSPS) is 18.3. The van der Waals surface area contributed by atoms with Gasteiger partial charge >= 0.3 is 0 Å². The van der Waals surface area contributed by atoms with Crippen molar-refractivity contribution < 1.29 is 9.50 Å². The Bertz CT molecular complexity index is 402. The van der Waals surface area contributed by atoms with Gasteiger partial charge in [0.25, 0.3) is 0 Å². The van der Waals surface area contributed by atoms with Crippen LogP contribution in [-0.2, 0) is 0 Å². The van der Waals surface area contributed by atoms with Gasteiger partial charge in [0, 0.05) is 13.6 Å². The lowest BCUT2D eigenvalue weighted by molar-refractivity contribution is 0.0559. The minimum atomic E-state index is -0.615. The van der Waals surface area contributed by atoms with E-state index < -0.39 is 5.60 Å². The van der Waals surface area contributed by atoms with Gasteiger partial charge in [0.1, 0.15) is 5.82 Å². The van der Waals surface area contributed by atoms with E-state index in [-0.39, 0.29) is 5.82 Å². The van der Waals surface area contributed by atoms with Crippen LogP contribution >= 0.6 is 0 Å². The van der Waals surface area contributed by atoms with E-state index in [1.54, 1.807) is 6.07 Å². The zero-order valence-electron chi connectivity index (χ0n) is 10.1. The van der Waals surface area contributed by atoms with Crippen molar-refractivity contribution in [2.45, 2.75) is 31.3 Å². The molecule has 1 saturated carbocycles. The number of nitrogens with two attached hydrogens (primary N) is 1. The van der Waals surface area contributed by atoms with Gasteiger partial charge in [0.2, 0.25) is 0 Å².